The van der Waals surface area contributed by atoms with Gasteiger partial charge in [0.05, 0.1) is 11.0 Å². The zero-order valence-electron chi connectivity index (χ0n) is 19.7. The number of imidazole rings is 1. The number of fused-ring (bicyclic) bond motifs is 2. The molecular weight excluding hydrogens is 392 g/mol. The smallest absolute Gasteiger partial charge is 0.139 e. The molecule has 2 aromatic heterocycles. The number of unbranched alkanes of at least 4 members (excludes halogenated alkanes) is 1. The average Bonchev–Trinajstić information content (AvgIpc) is 3.40. The largest absolute Gasteiger partial charge is 0.347 e. The summed E-state index contributed by atoms with van der Waals surface area (Å²) in [5.74, 6) is 1.89. The second kappa shape index (κ2) is 8.74. The Hall–Kier alpha value is -2.59. The third kappa shape index (κ3) is 4.33. The first kappa shape index (κ1) is 21.3. The van der Waals surface area contributed by atoms with Crippen molar-refractivity contribution < 1.29 is 0 Å². The number of benzene rings is 2. The Bertz CT molecular complexity index is 1200. The van der Waals surface area contributed by atoms with Crippen molar-refractivity contribution in [2.24, 2.45) is 5.92 Å². The first-order chi connectivity index (χ1) is 15.5. The molecule has 0 saturated carbocycles. The first-order valence-electron chi connectivity index (χ1n) is 12.3. The van der Waals surface area contributed by atoms with E-state index in [1.54, 1.807) is 0 Å². The van der Waals surface area contributed by atoms with E-state index >= 15 is 0 Å². The lowest BCUT2D eigenvalue weighted by molar-refractivity contribution is 0.341. The van der Waals surface area contributed by atoms with E-state index in [0.29, 0.717) is 0 Å². The highest BCUT2D eigenvalue weighted by Gasteiger charge is 2.16. The molecule has 4 aromatic rings. The maximum absolute atomic E-state index is 4.92. The van der Waals surface area contributed by atoms with E-state index in [-0.39, 0.29) is 5.41 Å². The third-order valence-electron chi connectivity index (χ3n) is 7.14. The van der Waals surface area contributed by atoms with Crippen LogP contribution in [0.25, 0.3) is 33.3 Å². The van der Waals surface area contributed by atoms with Gasteiger partial charge in [-0.1, -0.05) is 51.8 Å². The summed E-state index contributed by atoms with van der Waals surface area (Å²) in [6.45, 7) is 10.3. The van der Waals surface area contributed by atoms with Crippen LogP contribution in [0.1, 0.15) is 58.4 Å². The van der Waals surface area contributed by atoms with E-state index in [1.165, 1.54) is 67.2 Å². The summed E-state index contributed by atoms with van der Waals surface area (Å²) in [6.07, 6.45) is 8.90. The number of piperidine rings is 1. The van der Waals surface area contributed by atoms with E-state index < -0.39 is 0 Å². The van der Waals surface area contributed by atoms with Crippen LogP contribution in [-0.2, 0) is 12.0 Å². The predicted molar refractivity (Wildman–Crippen MR) is 135 cm³/mol. The molecule has 0 spiro atoms. The summed E-state index contributed by atoms with van der Waals surface area (Å²) in [5.41, 5.74) is 6.09. The van der Waals surface area contributed by atoms with Crippen LogP contribution in [0.5, 0.6) is 0 Å². The van der Waals surface area contributed by atoms with Crippen LogP contribution in [-0.4, -0.2) is 27.6 Å². The quantitative estimate of drug-likeness (QED) is 0.338. The monoisotopic (exact) mass is 428 g/mol. The van der Waals surface area contributed by atoms with Gasteiger partial charge < -0.3 is 14.9 Å². The van der Waals surface area contributed by atoms with E-state index in [9.17, 15) is 0 Å². The van der Waals surface area contributed by atoms with Crippen molar-refractivity contribution in [2.75, 3.05) is 13.1 Å². The Morgan fingerprint density at radius 2 is 1.88 bits per heavy atom. The number of rotatable bonds is 6. The van der Waals surface area contributed by atoms with Gasteiger partial charge in [-0.2, -0.15) is 0 Å². The fraction of sp³-hybridized carbons (Fsp3) is 0.464. The van der Waals surface area contributed by atoms with Crippen molar-refractivity contribution in [3.63, 3.8) is 0 Å². The highest BCUT2D eigenvalue weighted by molar-refractivity contribution is 5.95. The molecule has 0 unspecified atom stereocenters. The van der Waals surface area contributed by atoms with Gasteiger partial charge in [-0.05, 0) is 73.5 Å². The summed E-state index contributed by atoms with van der Waals surface area (Å²) in [6, 6.07) is 15.4. The first-order valence-corrected chi connectivity index (χ1v) is 12.3. The molecule has 2 N–H and O–H groups in total. The fourth-order valence-corrected chi connectivity index (χ4v) is 5.11. The summed E-state index contributed by atoms with van der Waals surface area (Å²) in [5, 5.41) is 4.75. The molecule has 5 rings (SSSR count). The number of aromatic nitrogens is 3. The van der Waals surface area contributed by atoms with Crippen LogP contribution in [0.15, 0.2) is 48.7 Å². The van der Waals surface area contributed by atoms with Crippen LogP contribution in [0, 0.1) is 5.92 Å². The maximum atomic E-state index is 4.92. The Morgan fingerprint density at radius 3 is 2.69 bits per heavy atom. The minimum atomic E-state index is 0.130. The van der Waals surface area contributed by atoms with Gasteiger partial charge in [0.15, 0.2) is 0 Å². The molecule has 0 amide bonds. The van der Waals surface area contributed by atoms with Gasteiger partial charge in [-0.25, -0.2) is 4.98 Å². The van der Waals surface area contributed by atoms with Crippen molar-refractivity contribution in [1.29, 1.82) is 0 Å². The molecule has 32 heavy (non-hydrogen) atoms. The molecule has 3 heterocycles. The minimum absolute atomic E-state index is 0.130. The summed E-state index contributed by atoms with van der Waals surface area (Å²) in [7, 11) is 0. The zero-order valence-corrected chi connectivity index (χ0v) is 19.7. The van der Waals surface area contributed by atoms with Crippen LogP contribution in [0.2, 0.25) is 0 Å². The molecule has 0 atom stereocenters. The Morgan fingerprint density at radius 1 is 1.03 bits per heavy atom. The van der Waals surface area contributed by atoms with E-state index in [4.69, 9.17) is 4.98 Å². The number of nitrogens with one attached hydrogen (secondary N) is 2. The standard InChI is InChI=1S/C28H36N4/c1-28(2,3)21-10-11-24-25(19-21)31-27(30-24)23-8-6-9-26-22(23)14-18-32(26)17-5-4-7-20-12-15-29-16-13-20/h6,8-11,14,18-20,29H,4-5,7,12-13,15-17H2,1-3H3,(H,30,31). The number of aryl methyl sites for hydroxylation is 1. The van der Waals surface area contributed by atoms with Gasteiger partial charge in [0, 0.05) is 29.2 Å². The lowest BCUT2D eigenvalue weighted by Gasteiger charge is -2.22. The van der Waals surface area contributed by atoms with Crippen LogP contribution < -0.4 is 5.32 Å². The normalized spacial score (nSPS) is 15.7. The molecule has 0 bridgehead atoms. The van der Waals surface area contributed by atoms with Gasteiger partial charge in [0.25, 0.3) is 0 Å². The number of hydrogen-bond acceptors (Lipinski definition) is 2. The molecule has 168 valence electrons. The lowest BCUT2D eigenvalue weighted by Crippen LogP contribution is -2.27. The second-order valence-corrected chi connectivity index (χ2v) is 10.5. The molecule has 1 aliphatic heterocycles. The molecule has 1 fully saturated rings. The van der Waals surface area contributed by atoms with E-state index in [0.717, 1.165) is 29.3 Å². The van der Waals surface area contributed by atoms with Gasteiger partial charge >= 0.3 is 0 Å². The number of aromatic amines is 1. The summed E-state index contributed by atoms with van der Waals surface area (Å²) in [4.78, 5) is 8.51. The summed E-state index contributed by atoms with van der Waals surface area (Å²) >= 11 is 0. The van der Waals surface area contributed by atoms with Crippen LogP contribution >= 0.6 is 0 Å². The maximum Gasteiger partial charge on any atom is 0.139 e. The SMILES string of the molecule is CC(C)(C)c1ccc2nc(-c3cccc4c3ccn4CCCCC3CCNCC3)[nH]c2c1. The Balaban J connectivity index is 1.34. The number of nitrogens with zero attached hydrogens (tertiary/aromatic N) is 2. The Labute approximate surface area is 191 Å². The highest BCUT2D eigenvalue weighted by atomic mass is 15.0. The van der Waals surface area contributed by atoms with Gasteiger partial charge in [-0.3, -0.25) is 0 Å². The molecule has 0 radical (unpaired) electrons. The predicted octanol–water partition coefficient (Wildman–Crippen LogP) is 6.65. The highest BCUT2D eigenvalue weighted by Crippen LogP contribution is 2.31. The van der Waals surface area contributed by atoms with Crippen molar-refractivity contribution in [2.45, 2.75) is 64.8 Å². The molecule has 2 aromatic carbocycles. The topological polar surface area (TPSA) is 45.6 Å². The third-order valence-corrected chi connectivity index (χ3v) is 7.14. The molecule has 0 aliphatic carbocycles. The minimum Gasteiger partial charge on any atom is -0.347 e. The second-order valence-electron chi connectivity index (χ2n) is 10.5. The average molecular weight is 429 g/mol. The van der Waals surface area contributed by atoms with Crippen LogP contribution in [0.3, 0.4) is 0 Å². The lowest BCUT2D eigenvalue weighted by atomic mass is 9.87. The molecule has 1 saturated heterocycles. The van der Waals surface area contributed by atoms with Crippen LogP contribution in [0.4, 0.5) is 0 Å². The van der Waals surface area contributed by atoms with Crippen molar-refractivity contribution in [3.05, 3.63) is 54.2 Å². The Kier molecular flexibility index (Phi) is 5.81. The van der Waals surface area contributed by atoms with Gasteiger partial charge in [-0.15, -0.1) is 0 Å². The molecule has 4 nitrogen and oxygen atoms in total. The number of H-pyrrole nitrogens is 1. The molecule has 1 aliphatic rings. The zero-order chi connectivity index (χ0) is 22.1. The van der Waals surface area contributed by atoms with Gasteiger partial charge in [0.1, 0.15) is 5.82 Å². The van der Waals surface area contributed by atoms with Crippen molar-refractivity contribution >= 4 is 21.9 Å². The fourth-order valence-electron chi connectivity index (χ4n) is 5.11. The molecule has 4 heteroatoms. The van der Waals surface area contributed by atoms with Gasteiger partial charge in [0.2, 0.25) is 0 Å². The van der Waals surface area contributed by atoms with Crippen molar-refractivity contribution in [1.82, 2.24) is 19.9 Å². The summed E-state index contributed by atoms with van der Waals surface area (Å²) < 4.78 is 2.42. The van der Waals surface area contributed by atoms with E-state index in [2.05, 4.69) is 84.3 Å². The number of hydrogen-bond donors (Lipinski definition) is 2. The van der Waals surface area contributed by atoms with E-state index in [1.807, 2.05) is 0 Å². The molecular formula is C28H36N4. The van der Waals surface area contributed by atoms with Crippen molar-refractivity contribution in [3.8, 4) is 11.4 Å².